The molecule has 0 bridgehead atoms. The number of carbonyl (C=O) groups is 2. The van der Waals surface area contributed by atoms with Crippen molar-refractivity contribution in [1.29, 1.82) is 0 Å². The molecular weight excluding hydrogens is 280 g/mol. The van der Waals surface area contributed by atoms with E-state index in [1.54, 1.807) is 11.6 Å². The zero-order chi connectivity index (χ0) is 15.1. The van der Waals surface area contributed by atoms with E-state index in [0.717, 1.165) is 0 Å². The Kier molecular flexibility index (Phi) is 6.46. The summed E-state index contributed by atoms with van der Waals surface area (Å²) in [4.78, 5) is 23.0. The van der Waals surface area contributed by atoms with E-state index in [-0.39, 0.29) is 18.2 Å². The minimum Gasteiger partial charge on any atom is -0.338 e. The number of nitrogens with one attached hydrogen (secondary N) is 2. The minimum absolute atomic E-state index is 0.0889. The van der Waals surface area contributed by atoms with E-state index in [0.29, 0.717) is 23.4 Å². The molecule has 0 aromatic carbocycles. The summed E-state index contributed by atoms with van der Waals surface area (Å²) in [6.45, 7) is 4.76. The topological polar surface area (TPSA) is 115 Å². The number of hydrogen-bond donors (Lipinski definition) is 3. The van der Waals surface area contributed by atoms with Crippen LogP contribution in [-0.4, -0.2) is 39.0 Å². The number of nitrogens with zero attached hydrogens (tertiary/aromatic N) is 3. The van der Waals surface area contributed by atoms with Gasteiger partial charge in [0.15, 0.2) is 5.16 Å². The van der Waals surface area contributed by atoms with E-state index in [1.165, 1.54) is 11.8 Å². The number of thioether (sulfide) groups is 1. The Labute approximate surface area is 121 Å². The normalized spacial score (nSPS) is 10.7. The van der Waals surface area contributed by atoms with Gasteiger partial charge in [-0.3, -0.25) is 10.1 Å². The lowest BCUT2D eigenvalue weighted by Gasteiger charge is -2.08. The first-order chi connectivity index (χ1) is 9.43. The van der Waals surface area contributed by atoms with Crippen LogP contribution in [0.4, 0.5) is 4.79 Å². The second-order valence-electron chi connectivity index (χ2n) is 4.60. The van der Waals surface area contributed by atoms with Crippen LogP contribution < -0.4 is 16.4 Å². The fourth-order valence-corrected chi connectivity index (χ4v) is 2.01. The SMILES string of the molecule is CC(C)CNC(=O)NC(=O)CSc1nnc(CN)n1C. The second kappa shape index (κ2) is 7.85. The monoisotopic (exact) mass is 300 g/mol. The van der Waals surface area contributed by atoms with Crippen LogP contribution in [0.2, 0.25) is 0 Å². The molecule has 0 fully saturated rings. The highest BCUT2D eigenvalue weighted by Crippen LogP contribution is 2.14. The number of rotatable bonds is 6. The van der Waals surface area contributed by atoms with Crippen molar-refractivity contribution in [3.63, 3.8) is 0 Å². The molecule has 112 valence electrons. The highest BCUT2D eigenvalue weighted by molar-refractivity contribution is 7.99. The standard InChI is InChI=1S/C11H20N6O2S/c1-7(2)5-13-10(19)14-9(18)6-20-11-16-15-8(4-12)17(11)3/h7H,4-6,12H2,1-3H3,(H2,13,14,18,19). The zero-order valence-corrected chi connectivity index (χ0v) is 12.7. The third-order valence-corrected chi connectivity index (χ3v) is 3.38. The molecule has 0 unspecified atom stereocenters. The Bertz CT molecular complexity index is 473. The van der Waals surface area contributed by atoms with Crippen molar-refractivity contribution >= 4 is 23.7 Å². The van der Waals surface area contributed by atoms with Crippen molar-refractivity contribution in [1.82, 2.24) is 25.4 Å². The molecule has 8 nitrogen and oxygen atoms in total. The molecule has 20 heavy (non-hydrogen) atoms. The predicted molar refractivity (Wildman–Crippen MR) is 76.0 cm³/mol. The molecule has 0 saturated heterocycles. The number of carbonyl (C=O) groups excluding carboxylic acids is 2. The van der Waals surface area contributed by atoms with Crippen LogP contribution in [0.5, 0.6) is 0 Å². The Morgan fingerprint density at radius 3 is 2.65 bits per heavy atom. The van der Waals surface area contributed by atoms with Gasteiger partial charge in [-0.05, 0) is 5.92 Å². The van der Waals surface area contributed by atoms with Crippen LogP contribution in [0.15, 0.2) is 5.16 Å². The van der Waals surface area contributed by atoms with E-state index in [4.69, 9.17) is 5.73 Å². The average molecular weight is 300 g/mol. The molecule has 1 aromatic rings. The Balaban J connectivity index is 2.36. The van der Waals surface area contributed by atoms with Crippen LogP contribution in [0.25, 0.3) is 0 Å². The highest BCUT2D eigenvalue weighted by atomic mass is 32.2. The second-order valence-corrected chi connectivity index (χ2v) is 5.55. The Morgan fingerprint density at radius 2 is 2.10 bits per heavy atom. The van der Waals surface area contributed by atoms with E-state index in [1.807, 2.05) is 13.8 Å². The first kappa shape index (κ1) is 16.4. The highest BCUT2D eigenvalue weighted by Gasteiger charge is 2.12. The lowest BCUT2D eigenvalue weighted by atomic mass is 10.2. The van der Waals surface area contributed by atoms with Gasteiger partial charge in [0.1, 0.15) is 5.82 Å². The Morgan fingerprint density at radius 1 is 1.40 bits per heavy atom. The quantitative estimate of drug-likeness (QED) is 0.629. The van der Waals surface area contributed by atoms with Crippen LogP contribution in [0, 0.1) is 5.92 Å². The first-order valence-electron chi connectivity index (χ1n) is 6.22. The summed E-state index contributed by atoms with van der Waals surface area (Å²) in [6, 6.07) is -0.482. The fourth-order valence-electron chi connectivity index (χ4n) is 1.28. The number of amides is 3. The van der Waals surface area contributed by atoms with Gasteiger partial charge >= 0.3 is 6.03 Å². The minimum atomic E-state index is -0.482. The van der Waals surface area contributed by atoms with E-state index in [9.17, 15) is 9.59 Å². The van der Waals surface area contributed by atoms with Gasteiger partial charge in [-0.1, -0.05) is 25.6 Å². The molecule has 0 radical (unpaired) electrons. The van der Waals surface area contributed by atoms with Crippen LogP contribution in [0.3, 0.4) is 0 Å². The summed E-state index contributed by atoms with van der Waals surface area (Å²) in [5.41, 5.74) is 5.48. The molecule has 0 aliphatic rings. The van der Waals surface area contributed by atoms with E-state index < -0.39 is 6.03 Å². The largest absolute Gasteiger partial charge is 0.338 e. The van der Waals surface area contributed by atoms with Gasteiger partial charge in [0.25, 0.3) is 0 Å². The molecule has 1 heterocycles. The summed E-state index contributed by atoms with van der Waals surface area (Å²) in [7, 11) is 1.78. The summed E-state index contributed by atoms with van der Waals surface area (Å²) >= 11 is 1.20. The summed E-state index contributed by atoms with van der Waals surface area (Å²) < 4.78 is 1.72. The number of nitrogens with two attached hydrogens (primary N) is 1. The third kappa shape index (κ3) is 5.17. The van der Waals surface area contributed by atoms with Crippen LogP contribution in [-0.2, 0) is 18.4 Å². The summed E-state index contributed by atoms with van der Waals surface area (Å²) in [6.07, 6.45) is 0. The average Bonchev–Trinajstić information content (AvgIpc) is 2.74. The van der Waals surface area contributed by atoms with Gasteiger partial charge in [0.2, 0.25) is 5.91 Å². The number of urea groups is 1. The van der Waals surface area contributed by atoms with Gasteiger partial charge in [0, 0.05) is 13.6 Å². The molecule has 0 spiro atoms. The maximum atomic E-state index is 11.6. The zero-order valence-electron chi connectivity index (χ0n) is 11.8. The number of aromatic nitrogens is 3. The molecule has 0 aliphatic heterocycles. The van der Waals surface area contributed by atoms with Crippen molar-refractivity contribution in [2.45, 2.75) is 25.5 Å². The molecule has 1 rings (SSSR count). The number of imide groups is 1. The van der Waals surface area contributed by atoms with Crippen LogP contribution >= 0.6 is 11.8 Å². The maximum Gasteiger partial charge on any atom is 0.321 e. The number of hydrogen-bond acceptors (Lipinski definition) is 6. The smallest absolute Gasteiger partial charge is 0.321 e. The van der Waals surface area contributed by atoms with Gasteiger partial charge in [-0.2, -0.15) is 0 Å². The van der Waals surface area contributed by atoms with Gasteiger partial charge in [-0.15, -0.1) is 10.2 Å². The third-order valence-electron chi connectivity index (χ3n) is 2.36. The predicted octanol–water partition coefficient (Wildman–Crippen LogP) is -0.152. The summed E-state index contributed by atoms with van der Waals surface area (Å²) in [5.74, 6) is 0.681. The molecule has 4 N–H and O–H groups in total. The molecule has 1 aromatic heterocycles. The van der Waals surface area contributed by atoms with Gasteiger partial charge < -0.3 is 15.6 Å². The lowest BCUT2D eigenvalue weighted by molar-refractivity contribution is -0.117. The molecular formula is C11H20N6O2S. The van der Waals surface area contributed by atoms with E-state index in [2.05, 4.69) is 20.8 Å². The Hall–Kier alpha value is -1.61. The first-order valence-corrected chi connectivity index (χ1v) is 7.21. The molecule has 0 aliphatic carbocycles. The van der Waals surface area contributed by atoms with Crippen molar-refractivity contribution < 1.29 is 9.59 Å². The summed E-state index contributed by atoms with van der Waals surface area (Å²) in [5, 5.41) is 13.2. The lowest BCUT2D eigenvalue weighted by Crippen LogP contribution is -2.41. The molecule has 9 heteroatoms. The van der Waals surface area contributed by atoms with Crippen molar-refractivity contribution in [2.24, 2.45) is 18.7 Å². The molecule has 3 amide bonds. The maximum absolute atomic E-state index is 11.6. The van der Waals surface area contributed by atoms with Gasteiger partial charge in [0.05, 0.1) is 12.3 Å². The molecule has 0 atom stereocenters. The van der Waals surface area contributed by atoms with Gasteiger partial charge in [-0.25, -0.2) is 4.79 Å². The molecule has 0 saturated carbocycles. The van der Waals surface area contributed by atoms with Crippen LogP contribution in [0.1, 0.15) is 19.7 Å². The van der Waals surface area contributed by atoms with Crippen molar-refractivity contribution in [3.8, 4) is 0 Å². The van der Waals surface area contributed by atoms with Crippen molar-refractivity contribution in [2.75, 3.05) is 12.3 Å². The van der Waals surface area contributed by atoms with Crippen molar-refractivity contribution in [3.05, 3.63) is 5.82 Å². The fraction of sp³-hybridized carbons (Fsp3) is 0.636. The van der Waals surface area contributed by atoms with E-state index >= 15 is 0 Å².